The fourth-order valence-corrected chi connectivity index (χ4v) is 4.58. The van der Waals surface area contributed by atoms with E-state index in [1.165, 1.54) is 16.4 Å². The van der Waals surface area contributed by atoms with E-state index in [1.54, 1.807) is 18.2 Å². The van der Waals surface area contributed by atoms with E-state index >= 15 is 0 Å². The van der Waals surface area contributed by atoms with Crippen molar-refractivity contribution < 1.29 is 21.6 Å². The normalized spacial score (nSPS) is 16.6. The van der Waals surface area contributed by atoms with E-state index in [-0.39, 0.29) is 18.0 Å². The smallest absolute Gasteiger partial charge is 0.369 e. The fourth-order valence-electron chi connectivity index (χ4n) is 3.07. The van der Waals surface area contributed by atoms with Crippen molar-refractivity contribution in [2.45, 2.75) is 24.9 Å². The number of hydrogen-bond donors (Lipinski definition) is 0. The molecule has 0 atom stereocenters. The second kappa shape index (κ2) is 7.16. The molecule has 1 heterocycles. The number of nitrogens with zero attached hydrogens (tertiary/aromatic N) is 2. The van der Waals surface area contributed by atoms with E-state index in [1.807, 2.05) is 18.7 Å². The van der Waals surface area contributed by atoms with Gasteiger partial charge in [0, 0.05) is 31.9 Å². The van der Waals surface area contributed by atoms with Gasteiger partial charge in [-0.05, 0) is 61.4 Å². The summed E-state index contributed by atoms with van der Waals surface area (Å²) in [7, 11) is -3.58. The van der Waals surface area contributed by atoms with Gasteiger partial charge in [0.2, 0.25) is 10.0 Å². The Balaban J connectivity index is 1.70. The van der Waals surface area contributed by atoms with E-state index < -0.39 is 21.8 Å². The molecule has 0 unspecified atom stereocenters. The zero-order chi connectivity index (χ0) is 19.8. The first-order valence-corrected chi connectivity index (χ1v) is 10.0. The van der Waals surface area contributed by atoms with E-state index in [0.717, 1.165) is 23.3 Å². The summed E-state index contributed by atoms with van der Waals surface area (Å²) in [6.07, 6.45) is -4.36. The van der Waals surface area contributed by atoms with Gasteiger partial charge in [0.15, 0.2) is 0 Å². The molecule has 4 nitrogen and oxygen atoms in total. The number of anilines is 1. The molecule has 0 aliphatic carbocycles. The van der Waals surface area contributed by atoms with Crippen LogP contribution in [0.1, 0.15) is 16.7 Å². The van der Waals surface area contributed by atoms with Gasteiger partial charge >= 0.3 is 6.18 Å². The lowest BCUT2D eigenvalue weighted by Gasteiger charge is -2.35. The van der Waals surface area contributed by atoms with Crippen LogP contribution in [0.25, 0.3) is 0 Å². The van der Waals surface area contributed by atoms with Crippen molar-refractivity contribution >= 4 is 15.7 Å². The van der Waals surface area contributed by atoms with Crippen LogP contribution in [0.5, 0.6) is 0 Å². The molecule has 0 aromatic heterocycles. The molecule has 0 spiro atoms. The molecule has 2 aromatic rings. The summed E-state index contributed by atoms with van der Waals surface area (Å²) >= 11 is 0. The quantitative estimate of drug-likeness (QED) is 0.789. The third kappa shape index (κ3) is 4.11. The Labute approximate surface area is 157 Å². The van der Waals surface area contributed by atoms with Crippen LogP contribution in [0.3, 0.4) is 0 Å². The highest BCUT2D eigenvalue weighted by molar-refractivity contribution is 7.89. The van der Waals surface area contributed by atoms with Gasteiger partial charge in [0.1, 0.15) is 0 Å². The van der Waals surface area contributed by atoms with Gasteiger partial charge in [0.05, 0.1) is 10.5 Å². The number of halogens is 3. The van der Waals surface area contributed by atoms with Crippen LogP contribution in [0, 0.1) is 13.8 Å². The molecule has 1 aliphatic heterocycles. The molecule has 0 amide bonds. The summed E-state index contributed by atoms with van der Waals surface area (Å²) in [6, 6.07) is 10.0. The minimum Gasteiger partial charge on any atom is -0.369 e. The van der Waals surface area contributed by atoms with Gasteiger partial charge < -0.3 is 4.90 Å². The molecule has 0 saturated carbocycles. The summed E-state index contributed by atoms with van der Waals surface area (Å²) in [5.41, 5.74) is 1.91. The maximum absolute atomic E-state index is 12.8. The van der Waals surface area contributed by atoms with Crippen molar-refractivity contribution in [3.05, 3.63) is 59.2 Å². The molecular formula is C19H21F3N2O2S. The summed E-state index contributed by atoms with van der Waals surface area (Å²) in [6.45, 7) is 5.23. The Morgan fingerprint density at radius 2 is 1.44 bits per heavy atom. The molecule has 3 rings (SSSR count). The van der Waals surface area contributed by atoms with Gasteiger partial charge in [-0.3, -0.25) is 0 Å². The van der Waals surface area contributed by atoms with Crippen molar-refractivity contribution in [2.75, 3.05) is 31.1 Å². The molecule has 1 fully saturated rings. The van der Waals surface area contributed by atoms with Crippen LogP contribution in [0.2, 0.25) is 0 Å². The lowest BCUT2D eigenvalue weighted by atomic mass is 10.1. The number of piperazine rings is 1. The number of hydrogen-bond acceptors (Lipinski definition) is 3. The number of benzene rings is 2. The Morgan fingerprint density at radius 3 is 1.96 bits per heavy atom. The Kier molecular flexibility index (Phi) is 5.22. The fraction of sp³-hybridized carbons (Fsp3) is 0.368. The Morgan fingerprint density at radius 1 is 0.852 bits per heavy atom. The second-order valence-corrected chi connectivity index (χ2v) is 8.62. The van der Waals surface area contributed by atoms with E-state index in [0.29, 0.717) is 18.8 Å². The van der Waals surface area contributed by atoms with Gasteiger partial charge in [-0.2, -0.15) is 17.5 Å². The summed E-state index contributed by atoms with van der Waals surface area (Å²) in [4.78, 5) is 2.17. The molecule has 0 radical (unpaired) electrons. The van der Waals surface area contributed by atoms with Crippen molar-refractivity contribution in [1.29, 1.82) is 0 Å². The molecule has 146 valence electrons. The van der Waals surface area contributed by atoms with Crippen LogP contribution in [-0.4, -0.2) is 38.9 Å². The first-order valence-electron chi connectivity index (χ1n) is 8.58. The average molecular weight is 398 g/mol. The van der Waals surface area contributed by atoms with E-state index in [2.05, 4.69) is 0 Å². The first kappa shape index (κ1) is 19.7. The van der Waals surface area contributed by atoms with Crippen LogP contribution < -0.4 is 4.90 Å². The number of rotatable bonds is 3. The molecule has 8 heteroatoms. The zero-order valence-electron chi connectivity index (χ0n) is 15.1. The Bertz CT molecular complexity index is 917. The predicted octanol–water partition coefficient (Wildman–Crippen LogP) is 3.83. The van der Waals surface area contributed by atoms with Gasteiger partial charge in [0.25, 0.3) is 0 Å². The molecular weight excluding hydrogens is 377 g/mol. The van der Waals surface area contributed by atoms with Gasteiger partial charge in [-0.15, -0.1) is 0 Å². The third-order valence-electron chi connectivity index (χ3n) is 4.91. The summed E-state index contributed by atoms with van der Waals surface area (Å²) < 4.78 is 65.1. The van der Waals surface area contributed by atoms with Crippen LogP contribution >= 0.6 is 0 Å². The van der Waals surface area contributed by atoms with Crippen molar-refractivity contribution in [2.24, 2.45) is 0 Å². The van der Waals surface area contributed by atoms with E-state index in [4.69, 9.17) is 0 Å². The summed E-state index contributed by atoms with van der Waals surface area (Å²) in [5, 5.41) is 0. The predicted molar refractivity (Wildman–Crippen MR) is 98.3 cm³/mol. The standard InChI is InChI=1S/C19H21F3N2O2S/c1-14-3-8-18(13-15(14)2)27(25,26)24-11-9-23(10-12-24)17-6-4-16(5-7-17)19(20,21)22/h3-8,13H,9-12H2,1-2H3. The lowest BCUT2D eigenvalue weighted by molar-refractivity contribution is -0.137. The van der Waals surface area contributed by atoms with Crippen molar-refractivity contribution in [3.8, 4) is 0 Å². The minimum absolute atomic E-state index is 0.272. The average Bonchev–Trinajstić information content (AvgIpc) is 2.63. The largest absolute Gasteiger partial charge is 0.416 e. The second-order valence-electron chi connectivity index (χ2n) is 6.68. The highest BCUT2D eigenvalue weighted by Crippen LogP contribution is 2.31. The van der Waals surface area contributed by atoms with Crippen LogP contribution in [-0.2, 0) is 16.2 Å². The number of aryl methyl sites for hydroxylation is 2. The minimum atomic E-state index is -4.36. The van der Waals surface area contributed by atoms with Crippen LogP contribution in [0.15, 0.2) is 47.4 Å². The molecule has 0 N–H and O–H groups in total. The zero-order valence-corrected chi connectivity index (χ0v) is 15.9. The number of alkyl halides is 3. The molecule has 1 aliphatic rings. The topological polar surface area (TPSA) is 40.6 Å². The monoisotopic (exact) mass is 398 g/mol. The van der Waals surface area contributed by atoms with E-state index in [9.17, 15) is 21.6 Å². The van der Waals surface area contributed by atoms with Crippen molar-refractivity contribution in [3.63, 3.8) is 0 Å². The highest BCUT2D eigenvalue weighted by Gasteiger charge is 2.31. The first-order chi connectivity index (χ1) is 12.6. The lowest BCUT2D eigenvalue weighted by Crippen LogP contribution is -2.48. The Hall–Kier alpha value is -2.06. The molecule has 0 bridgehead atoms. The molecule has 1 saturated heterocycles. The molecule has 27 heavy (non-hydrogen) atoms. The van der Waals surface area contributed by atoms with Crippen molar-refractivity contribution in [1.82, 2.24) is 4.31 Å². The SMILES string of the molecule is Cc1ccc(S(=O)(=O)N2CCN(c3ccc(C(F)(F)F)cc3)CC2)cc1C. The van der Waals surface area contributed by atoms with Gasteiger partial charge in [-0.1, -0.05) is 6.07 Å². The maximum atomic E-state index is 12.8. The maximum Gasteiger partial charge on any atom is 0.416 e. The highest BCUT2D eigenvalue weighted by atomic mass is 32.2. The summed E-state index contributed by atoms with van der Waals surface area (Å²) in [5.74, 6) is 0. The van der Waals surface area contributed by atoms with Gasteiger partial charge in [-0.25, -0.2) is 8.42 Å². The number of sulfonamides is 1. The third-order valence-corrected chi connectivity index (χ3v) is 6.81. The molecule has 2 aromatic carbocycles. The van der Waals surface area contributed by atoms with Crippen LogP contribution in [0.4, 0.5) is 18.9 Å².